The molecule has 0 unspecified atom stereocenters. The summed E-state index contributed by atoms with van der Waals surface area (Å²) in [4.78, 5) is 13.6. The fraction of sp³-hybridized carbons (Fsp3) is 0.333. The molecule has 2 nitrogen and oxygen atoms in total. The molecule has 0 aliphatic rings. The summed E-state index contributed by atoms with van der Waals surface area (Å²) in [5.41, 5.74) is -0.762. The third kappa shape index (κ3) is 3.91. The Labute approximate surface area is 88.9 Å². The summed E-state index contributed by atoms with van der Waals surface area (Å²) in [7, 11) is 0. The van der Waals surface area contributed by atoms with Crippen molar-refractivity contribution in [1.29, 1.82) is 0 Å². The molecule has 0 N–H and O–H groups in total. The normalized spacial score (nSPS) is 11.4. The third-order valence-corrected chi connectivity index (χ3v) is 2.53. The molecule has 0 aliphatic carbocycles. The fourth-order valence-corrected chi connectivity index (χ4v) is 1.56. The van der Waals surface area contributed by atoms with Crippen LogP contribution in [0.25, 0.3) is 0 Å². The molecule has 0 aromatic carbocycles. The summed E-state index contributed by atoms with van der Waals surface area (Å²) in [5, 5.41) is 0.491. The van der Waals surface area contributed by atoms with Crippen LogP contribution in [0.4, 0.5) is 13.2 Å². The number of aldehydes is 1. The highest BCUT2D eigenvalue weighted by Crippen LogP contribution is 2.29. The molecule has 0 atom stereocenters. The van der Waals surface area contributed by atoms with Crippen LogP contribution < -0.4 is 0 Å². The second-order valence-corrected chi connectivity index (χ2v) is 3.80. The zero-order chi connectivity index (χ0) is 11.3. The fourth-order valence-electron chi connectivity index (χ4n) is 0.845. The number of aromatic nitrogens is 1. The highest BCUT2D eigenvalue weighted by atomic mass is 32.2. The number of carbonyl (C=O) groups excluding carboxylic acids is 1. The van der Waals surface area contributed by atoms with Crippen molar-refractivity contribution in [2.24, 2.45) is 0 Å². The van der Waals surface area contributed by atoms with E-state index in [1.807, 2.05) is 0 Å². The second kappa shape index (κ2) is 5.16. The first kappa shape index (κ1) is 12.0. The van der Waals surface area contributed by atoms with E-state index in [4.69, 9.17) is 0 Å². The van der Waals surface area contributed by atoms with Gasteiger partial charge < -0.3 is 4.79 Å². The van der Waals surface area contributed by atoms with Crippen LogP contribution in [0.5, 0.6) is 0 Å². The van der Waals surface area contributed by atoms with Crippen molar-refractivity contribution in [3.05, 3.63) is 23.9 Å². The molecular formula is C9H8F3NOS. The average molecular weight is 235 g/mol. The molecule has 0 radical (unpaired) electrons. The van der Waals surface area contributed by atoms with Gasteiger partial charge in [0, 0.05) is 18.4 Å². The molecular weight excluding hydrogens is 227 g/mol. The molecule has 1 rings (SSSR count). The molecule has 0 fully saturated rings. The molecule has 0 aliphatic heterocycles. The van der Waals surface area contributed by atoms with Gasteiger partial charge in [0.25, 0.3) is 0 Å². The van der Waals surface area contributed by atoms with Gasteiger partial charge >= 0.3 is 6.18 Å². The largest absolute Gasteiger partial charge is 0.417 e. The second-order valence-electron chi connectivity index (χ2n) is 2.69. The standard InChI is InChI=1S/C9H8F3NOS/c10-9(11,12)7-2-3-8(13-6-7)15-5-1-4-14/h2-4,6H,1,5H2. The average Bonchev–Trinajstić information content (AvgIpc) is 2.18. The Balaban J connectivity index is 2.60. The predicted octanol–water partition coefficient (Wildman–Crippen LogP) is 2.78. The van der Waals surface area contributed by atoms with E-state index in [9.17, 15) is 18.0 Å². The monoisotopic (exact) mass is 235 g/mol. The number of hydrogen-bond acceptors (Lipinski definition) is 3. The molecule has 0 saturated heterocycles. The minimum Gasteiger partial charge on any atom is -0.303 e. The van der Waals surface area contributed by atoms with Crippen molar-refractivity contribution in [3.63, 3.8) is 0 Å². The van der Waals surface area contributed by atoms with Crippen LogP contribution in [-0.4, -0.2) is 17.0 Å². The molecule has 0 saturated carbocycles. The van der Waals surface area contributed by atoms with Gasteiger partial charge in [-0.05, 0) is 12.1 Å². The van der Waals surface area contributed by atoms with Gasteiger partial charge in [0.1, 0.15) is 6.29 Å². The van der Waals surface area contributed by atoms with Crippen molar-refractivity contribution >= 4 is 18.0 Å². The van der Waals surface area contributed by atoms with Gasteiger partial charge in [0.2, 0.25) is 0 Å². The molecule has 6 heteroatoms. The first-order valence-electron chi connectivity index (χ1n) is 4.13. The summed E-state index contributed by atoms with van der Waals surface area (Å²) in [6.07, 6.45) is -2.42. The SMILES string of the molecule is O=CCCSc1ccc(C(F)(F)F)cn1. The first-order chi connectivity index (χ1) is 7.04. The number of thioether (sulfide) groups is 1. The summed E-state index contributed by atoms with van der Waals surface area (Å²) in [6.45, 7) is 0. The van der Waals surface area contributed by atoms with Crippen molar-refractivity contribution in [1.82, 2.24) is 4.98 Å². The molecule has 0 bridgehead atoms. The molecule has 1 heterocycles. The van der Waals surface area contributed by atoms with Gasteiger partial charge in [-0.25, -0.2) is 4.98 Å². The van der Waals surface area contributed by atoms with E-state index in [2.05, 4.69) is 4.98 Å². The van der Waals surface area contributed by atoms with Crippen LogP contribution in [0.1, 0.15) is 12.0 Å². The topological polar surface area (TPSA) is 30.0 Å². The number of carbonyl (C=O) groups is 1. The van der Waals surface area contributed by atoms with Crippen LogP contribution >= 0.6 is 11.8 Å². The van der Waals surface area contributed by atoms with Gasteiger partial charge in [-0.3, -0.25) is 0 Å². The molecule has 1 aromatic heterocycles. The molecule has 82 valence electrons. The lowest BCUT2D eigenvalue weighted by Gasteiger charge is -2.05. The maximum absolute atomic E-state index is 12.1. The Morgan fingerprint density at radius 3 is 2.60 bits per heavy atom. The van der Waals surface area contributed by atoms with E-state index in [0.717, 1.165) is 18.5 Å². The van der Waals surface area contributed by atoms with E-state index in [1.165, 1.54) is 17.8 Å². The van der Waals surface area contributed by atoms with Crippen molar-refractivity contribution in [2.45, 2.75) is 17.6 Å². The maximum Gasteiger partial charge on any atom is 0.417 e. The number of hydrogen-bond donors (Lipinski definition) is 0. The lowest BCUT2D eigenvalue weighted by molar-refractivity contribution is -0.137. The Hall–Kier alpha value is -1.04. The highest BCUT2D eigenvalue weighted by Gasteiger charge is 2.30. The third-order valence-electron chi connectivity index (χ3n) is 1.55. The lowest BCUT2D eigenvalue weighted by atomic mass is 10.3. The summed E-state index contributed by atoms with van der Waals surface area (Å²) >= 11 is 1.25. The summed E-state index contributed by atoms with van der Waals surface area (Å²) < 4.78 is 36.4. The number of rotatable bonds is 4. The minimum atomic E-state index is -4.35. The Morgan fingerprint density at radius 1 is 1.40 bits per heavy atom. The van der Waals surface area contributed by atoms with E-state index in [1.54, 1.807) is 0 Å². The van der Waals surface area contributed by atoms with Crippen LogP contribution in [0.3, 0.4) is 0 Å². The zero-order valence-electron chi connectivity index (χ0n) is 7.62. The van der Waals surface area contributed by atoms with E-state index < -0.39 is 11.7 Å². The van der Waals surface area contributed by atoms with Crippen molar-refractivity contribution < 1.29 is 18.0 Å². The van der Waals surface area contributed by atoms with E-state index in [0.29, 0.717) is 17.2 Å². The van der Waals surface area contributed by atoms with E-state index in [-0.39, 0.29) is 0 Å². The molecule has 0 spiro atoms. The quantitative estimate of drug-likeness (QED) is 0.456. The summed E-state index contributed by atoms with van der Waals surface area (Å²) in [5.74, 6) is 0.530. The van der Waals surface area contributed by atoms with Crippen LogP contribution in [0.2, 0.25) is 0 Å². The van der Waals surface area contributed by atoms with Gasteiger partial charge in [-0.1, -0.05) is 0 Å². The van der Waals surface area contributed by atoms with Gasteiger partial charge in [-0.15, -0.1) is 11.8 Å². The molecule has 1 aromatic rings. The first-order valence-corrected chi connectivity index (χ1v) is 5.12. The summed E-state index contributed by atoms with van der Waals surface area (Å²) in [6, 6.07) is 2.29. The van der Waals surface area contributed by atoms with Crippen molar-refractivity contribution in [2.75, 3.05) is 5.75 Å². The number of pyridine rings is 1. The van der Waals surface area contributed by atoms with Gasteiger partial charge in [0.15, 0.2) is 0 Å². The Bertz CT molecular complexity index is 323. The van der Waals surface area contributed by atoms with E-state index >= 15 is 0 Å². The van der Waals surface area contributed by atoms with Gasteiger partial charge in [-0.2, -0.15) is 13.2 Å². The number of halogens is 3. The Kier molecular flexibility index (Phi) is 4.14. The van der Waals surface area contributed by atoms with Crippen LogP contribution in [0, 0.1) is 0 Å². The minimum absolute atomic E-state index is 0.368. The smallest absolute Gasteiger partial charge is 0.303 e. The van der Waals surface area contributed by atoms with Crippen molar-refractivity contribution in [3.8, 4) is 0 Å². The zero-order valence-corrected chi connectivity index (χ0v) is 8.44. The van der Waals surface area contributed by atoms with Crippen LogP contribution in [0.15, 0.2) is 23.4 Å². The van der Waals surface area contributed by atoms with Crippen LogP contribution in [-0.2, 0) is 11.0 Å². The number of nitrogens with zero attached hydrogens (tertiary/aromatic N) is 1. The Morgan fingerprint density at radius 2 is 2.13 bits per heavy atom. The highest BCUT2D eigenvalue weighted by molar-refractivity contribution is 7.99. The number of alkyl halides is 3. The lowest BCUT2D eigenvalue weighted by Crippen LogP contribution is -2.05. The molecule has 0 amide bonds. The van der Waals surface area contributed by atoms with Gasteiger partial charge in [0.05, 0.1) is 10.6 Å². The maximum atomic E-state index is 12.1. The predicted molar refractivity (Wildman–Crippen MR) is 50.6 cm³/mol. The molecule has 15 heavy (non-hydrogen) atoms.